The third kappa shape index (κ3) is 1.09. The zero-order chi connectivity index (χ0) is 8.55. The number of aromatic nitrogens is 2. The summed E-state index contributed by atoms with van der Waals surface area (Å²) in [7, 11) is 0. The van der Waals surface area contributed by atoms with Crippen LogP contribution in [0.1, 0.15) is 0 Å². The third-order valence-corrected chi connectivity index (χ3v) is 2.71. The molecule has 4 heteroatoms. The fraction of sp³-hybridized carbons (Fsp3) is 0.125. The molecule has 0 radical (unpaired) electrons. The lowest BCUT2D eigenvalue weighted by Crippen LogP contribution is -1.97. The average Bonchev–Trinajstić information content (AvgIpc) is 2.49. The second kappa shape index (κ2) is 2.80. The first-order chi connectivity index (χ1) is 5.79. The summed E-state index contributed by atoms with van der Waals surface area (Å²) in [6.07, 6.45) is 3.39. The van der Waals surface area contributed by atoms with E-state index in [9.17, 15) is 4.55 Å². The van der Waals surface area contributed by atoms with E-state index >= 15 is 0 Å². The van der Waals surface area contributed by atoms with Gasteiger partial charge in [-0.05, 0) is 17.2 Å². The molecule has 0 fully saturated rings. The van der Waals surface area contributed by atoms with Gasteiger partial charge >= 0.3 is 0 Å². The zero-order valence-electron chi connectivity index (χ0n) is 6.57. The zero-order valence-corrected chi connectivity index (χ0v) is 7.39. The van der Waals surface area contributed by atoms with Gasteiger partial charge in [0.2, 0.25) is 0 Å². The molecule has 1 N–H and O–H groups in total. The summed E-state index contributed by atoms with van der Waals surface area (Å²) in [4.78, 5) is 0.810. The molecule has 1 aromatic carbocycles. The Morgan fingerprint density at radius 2 is 2.33 bits per heavy atom. The molecule has 0 aliphatic rings. The van der Waals surface area contributed by atoms with Crippen molar-refractivity contribution in [1.29, 1.82) is 0 Å². The molecule has 62 valence electrons. The highest BCUT2D eigenvalue weighted by Crippen LogP contribution is 2.19. The summed E-state index contributed by atoms with van der Waals surface area (Å²) in [5.41, 5.74) is 0.873. The minimum absolute atomic E-state index is 0.810. The maximum atomic E-state index is 11.2. The van der Waals surface area contributed by atoms with Gasteiger partial charge < -0.3 is 4.55 Å². The van der Waals surface area contributed by atoms with E-state index in [1.165, 1.54) is 0 Å². The normalized spacial score (nSPS) is 13.5. The van der Waals surface area contributed by atoms with Crippen LogP contribution in [0, 0.1) is 0 Å². The summed E-state index contributed by atoms with van der Waals surface area (Å²) >= 11 is -0.953. The highest BCUT2D eigenvalue weighted by atomic mass is 32.2. The minimum atomic E-state index is -0.953. The number of para-hydroxylation sites is 1. The number of rotatable bonds is 1. The van der Waals surface area contributed by atoms with Crippen LogP contribution in [-0.4, -0.2) is 21.0 Å². The Bertz CT molecular complexity index is 397. The Kier molecular flexibility index (Phi) is 1.78. The molecule has 2 rings (SSSR count). The van der Waals surface area contributed by atoms with Crippen LogP contribution in [0.25, 0.3) is 10.9 Å². The smallest absolute Gasteiger partial charge is 0.178 e. The average molecular weight is 180 g/mol. The molecule has 0 spiro atoms. The summed E-state index contributed by atoms with van der Waals surface area (Å²) in [5.74, 6) is 0. The first-order valence-electron chi connectivity index (χ1n) is 3.54. The fourth-order valence-electron chi connectivity index (χ4n) is 1.18. The molecule has 3 nitrogen and oxygen atoms in total. The molecule has 1 atom stereocenters. The van der Waals surface area contributed by atoms with Gasteiger partial charge in [-0.25, -0.2) is 0 Å². The van der Waals surface area contributed by atoms with Crippen molar-refractivity contribution in [2.24, 2.45) is 0 Å². The van der Waals surface area contributed by atoms with Crippen LogP contribution in [0.2, 0.25) is 0 Å². The highest BCUT2D eigenvalue weighted by molar-refractivity contribution is 7.91. The number of nitrogens with zero attached hydrogens (tertiary/aromatic N) is 1. The second-order valence-corrected chi connectivity index (χ2v) is 3.89. The van der Waals surface area contributed by atoms with Gasteiger partial charge in [-0.3, -0.25) is 5.10 Å². The first-order valence-corrected chi connectivity index (χ1v) is 5.10. The largest absolute Gasteiger partial charge is 0.612 e. The minimum Gasteiger partial charge on any atom is -0.612 e. The van der Waals surface area contributed by atoms with E-state index in [0.29, 0.717) is 0 Å². The lowest BCUT2D eigenvalue weighted by Gasteiger charge is -2.03. The van der Waals surface area contributed by atoms with Crippen molar-refractivity contribution in [2.75, 3.05) is 6.26 Å². The molecule has 0 aliphatic heterocycles. The van der Waals surface area contributed by atoms with Crippen LogP contribution in [0.4, 0.5) is 0 Å². The maximum absolute atomic E-state index is 11.2. The monoisotopic (exact) mass is 180 g/mol. The van der Waals surface area contributed by atoms with Gasteiger partial charge in [0.15, 0.2) is 4.90 Å². The van der Waals surface area contributed by atoms with E-state index in [-0.39, 0.29) is 0 Å². The third-order valence-electron chi connectivity index (χ3n) is 1.75. The van der Waals surface area contributed by atoms with Gasteiger partial charge in [0.05, 0.1) is 6.20 Å². The van der Waals surface area contributed by atoms with Crippen LogP contribution in [0.5, 0.6) is 0 Å². The number of nitrogens with one attached hydrogen (secondary N) is 1. The van der Waals surface area contributed by atoms with Crippen molar-refractivity contribution >= 4 is 22.1 Å². The number of hydrogen-bond donors (Lipinski definition) is 1. The van der Waals surface area contributed by atoms with Crippen LogP contribution in [0.3, 0.4) is 0 Å². The lowest BCUT2D eigenvalue weighted by atomic mass is 10.3. The standard InChI is InChI=1S/C8H8N2OS/c1-12(11)7-4-2-3-6-5-9-10-8(6)7/h2-5H,1H3,(H,9,10). The quantitative estimate of drug-likeness (QED) is 0.672. The highest BCUT2D eigenvalue weighted by Gasteiger charge is 2.09. The number of aromatic amines is 1. The summed E-state index contributed by atoms with van der Waals surface area (Å²) in [5, 5.41) is 7.71. The Balaban J connectivity index is 2.73. The van der Waals surface area contributed by atoms with Gasteiger partial charge in [-0.2, -0.15) is 5.10 Å². The van der Waals surface area contributed by atoms with Crippen LogP contribution in [0.15, 0.2) is 29.3 Å². The second-order valence-electron chi connectivity index (χ2n) is 2.54. The Labute approximate surface area is 73.0 Å². The van der Waals surface area contributed by atoms with Gasteiger partial charge in [0, 0.05) is 5.39 Å². The molecule has 0 bridgehead atoms. The predicted molar refractivity (Wildman–Crippen MR) is 48.4 cm³/mol. The Morgan fingerprint density at radius 3 is 3.08 bits per heavy atom. The molecule has 2 aromatic rings. The molecule has 0 saturated carbocycles. The van der Waals surface area contributed by atoms with Crippen LogP contribution < -0.4 is 0 Å². The number of fused-ring (bicyclic) bond motifs is 1. The van der Waals surface area contributed by atoms with Crippen molar-refractivity contribution in [2.45, 2.75) is 4.90 Å². The van der Waals surface area contributed by atoms with Crippen LogP contribution >= 0.6 is 0 Å². The van der Waals surface area contributed by atoms with Gasteiger partial charge in [0.25, 0.3) is 0 Å². The van der Waals surface area contributed by atoms with E-state index in [2.05, 4.69) is 10.2 Å². The van der Waals surface area contributed by atoms with Gasteiger partial charge in [-0.15, -0.1) is 0 Å². The molecule has 0 saturated heterocycles. The Morgan fingerprint density at radius 1 is 1.50 bits per heavy atom. The van der Waals surface area contributed by atoms with E-state index in [1.807, 2.05) is 18.2 Å². The molecular weight excluding hydrogens is 172 g/mol. The van der Waals surface area contributed by atoms with Crippen molar-refractivity contribution in [3.8, 4) is 0 Å². The number of H-pyrrole nitrogens is 1. The molecule has 1 unspecified atom stereocenters. The van der Waals surface area contributed by atoms with E-state index in [0.717, 1.165) is 15.8 Å². The van der Waals surface area contributed by atoms with Crippen molar-refractivity contribution in [3.63, 3.8) is 0 Å². The van der Waals surface area contributed by atoms with E-state index < -0.39 is 11.2 Å². The molecule has 0 aliphatic carbocycles. The number of benzene rings is 1. The molecule has 1 aromatic heterocycles. The molecule has 12 heavy (non-hydrogen) atoms. The van der Waals surface area contributed by atoms with E-state index in [4.69, 9.17) is 0 Å². The predicted octanol–water partition coefficient (Wildman–Crippen LogP) is 1.30. The SMILES string of the molecule is C[S+]([O-])c1cccc2cn[nH]c12. The lowest BCUT2D eigenvalue weighted by molar-refractivity contribution is 0.601. The first kappa shape index (κ1) is 7.64. The van der Waals surface area contributed by atoms with E-state index in [1.54, 1.807) is 12.5 Å². The molecule has 0 amide bonds. The molecule has 1 heterocycles. The summed E-state index contributed by atoms with van der Waals surface area (Å²) in [6.45, 7) is 0. The van der Waals surface area contributed by atoms with Crippen molar-refractivity contribution in [1.82, 2.24) is 10.2 Å². The Hall–Kier alpha value is -1.00. The molecular formula is C8H8N2OS. The van der Waals surface area contributed by atoms with Crippen molar-refractivity contribution < 1.29 is 4.55 Å². The topological polar surface area (TPSA) is 51.7 Å². The van der Waals surface area contributed by atoms with Crippen molar-refractivity contribution in [3.05, 3.63) is 24.4 Å². The van der Waals surface area contributed by atoms with Gasteiger partial charge in [0.1, 0.15) is 11.8 Å². The number of hydrogen-bond acceptors (Lipinski definition) is 2. The van der Waals surface area contributed by atoms with Crippen LogP contribution in [-0.2, 0) is 11.2 Å². The van der Waals surface area contributed by atoms with Gasteiger partial charge in [-0.1, -0.05) is 12.1 Å². The maximum Gasteiger partial charge on any atom is 0.178 e. The summed E-state index contributed by atoms with van der Waals surface area (Å²) in [6, 6.07) is 5.67. The summed E-state index contributed by atoms with van der Waals surface area (Å²) < 4.78 is 11.2. The fourth-order valence-corrected chi connectivity index (χ4v) is 1.90.